The number of ether oxygens (including phenoxy) is 3. The fourth-order valence-electron chi connectivity index (χ4n) is 6.25. The van der Waals surface area contributed by atoms with E-state index in [1.165, 1.54) is 0 Å². The molecule has 0 aromatic heterocycles. The van der Waals surface area contributed by atoms with Crippen molar-refractivity contribution in [2.24, 2.45) is 5.41 Å². The predicted octanol–water partition coefficient (Wildman–Crippen LogP) is 3.55. The molecule has 180 valence electrons. The number of alkyl halides is 2. The first-order chi connectivity index (χ1) is 15.9. The van der Waals surface area contributed by atoms with Crippen molar-refractivity contribution in [2.75, 3.05) is 26.9 Å². The van der Waals surface area contributed by atoms with E-state index in [1.54, 1.807) is 7.11 Å². The highest BCUT2D eigenvalue weighted by Gasteiger charge is 2.67. The number of methoxy groups -OCH3 is 1. The van der Waals surface area contributed by atoms with Crippen LogP contribution in [0.5, 0.6) is 5.75 Å². The first-order valence-corrected chi connectivity index (χ1v) is 12.1. The maximum absolute atomic E-state index is 13.9. The molecule has 1 aromatic rings. The molecule has 2 saturated heterocycles. The molecule has 2 spiro atoms. The van der Waals surface area contributed by atoms with Gasteiger partial charge in [-0.2, -0.15) is 0 Å². The van der Waals surface area contributed by atoms with Crippen LogP contribution < -0.4 is 10.1 Å². The summed E-state index contributed by atoms with van der Waals surface area (Å²) in [7, 11) is 1.71. The molecule has 0 radical (unpaired) electrons. The number of hydrogen-bond acceptors (Lipinski definition) is 5. The van der Waals surface area contributed by atoms with Crippen molar-refractivity contribution in [3.8, 4) is 5.75 Å². The van der Waals surface area contributed by atoms with Gasteiger partial charge in [-0.25, -0.2) is 8.78 Å². The molecule has 1 amide bonds. The summed E-state index contributed by atoms with van der Waals surface area (Å²) >= 11 is 5.42. The average Bonchev–Trinajstić information content (AvgIpc) is 3.47. The molecule has 2 heterocycles. The summed E-state index contributed by atoms with van der Waals surface area (Å²) in [5, 5.41) is 3.34. The molecule has 9 heteroatoms. The van der Waals surface area contributed by atoms with E-state index >= 15 is 0 Å². The number of carbonyl (C=O) groups is 1. The third-order valence-corrected chi connectivity index (χ3v) is 8.24. The molecular formula is C24H30F2N2O4S. The summed E-state index contributed by atoms with van der Waals surface area (Å²) < 4.78 is 43.9. The summed E-state index contributed by atoms with van der Waals surface area (Å²) in [6, 6.07) is 5.84. The minimum atomic E-state index is -2.66. The van der Waals surface area contributed by atoms with Crippen LogP contribution in [0.2, 0.25) is 0 Å². The summed E-state index contributed by atoms with van der Waals surface area (Å²) in [6.45, 7) is 0.500. The monoisotopic (exact) mass is 480 g/mol. The third-order valence-electron chi connectivity index (χ3n) is 7.92. The lowest BCUT2D eigenvalue weighted by atomic mass is 9.61. The van der Waals surface area contributed by atoms with Crippen LogP contribution in [-0.4, -0.2) is 61.4 Å². The second-order valence-electron chi connectivity index (χ2n) is 9.64. The van der Waals surface area contributed by atoms with Gasteiger partial charge in [-0.15, -0.1) is 0 Å². The quantitative estimate of drug-likeness (QED) is 0.629. The second-order valence-corrected chi connectivity index (χ2v) is 10.0. The van der Waals surface area contributed by atoms with E-state index in [1.807, 2.05) is 18.2 Å². The molecule has 2 aliphatic heterocycles. The van der Waals surface area contributed by atoms with Crippen molar-refractivity contribution in [2.45, 2.75) is 69.1 Å². The number of nitrogens with one attached hydrogen (secondary N) is 1. The van der Waals surface area contributed by atoms with Gasteiger partial charge in [0, 0.05) is 19.1 Å². The lowest BCUT2D eigenvalue weighted by molar-refractivity contribution is -0.139. The zero-order valence-electron chi connectivity index (χ0n) is 18.8. The molecule has 33 heavy (non-hydrogen) atoms. The Bertz CT molecular complexity index is 931. The minimum absolute atomic E-state index is 0.0724. The standard InChI is InChI=1S/C24H30F2N2O4S/c1-30-16-6-8-23(9-7-16)12-15-4-5-17(32-14-18-3-2-10-31-18)11-19(15)24(23)21(29)28(13-20(25)26)22(33)27-24/h4-5,11,16,18,20H,2-3,6-10,12-14H2,1H3,(H,27,33)/t16-,18?,23-,24?. The smallest absolute Gasteiger partial charge is 0.259 e. The van der Waals surface area contributed by atoms with Gasteiger partial charge in [0.05, 0.1) is 18.8 Å². The number of benzene rings is 1. The number of rotatable bonds is 6. The highest BCUT2D eigenvalue weighted by Crippen LogP contribution is 2.60. The van der Waals surface area contributed by atoms with Crippen LogP contribution in [0.15, 0.2) is 18.2 Å². The van der Waals surface area contributed by atoms with Gasteiger partial charge in [-0.3, -0.25) is 9.69 Å². The summed E-state index contributed by atoms with van der Waals surface area (Å²) in [4.78, 5) is 14.9. The summed E-state index contributed by atoms with van der Waals surface area (Å²) in [6.07, 6.45) is 3.35. The van der Waals surface area contributed by atoms with E-state index in [4.69, 9.17) is 26.4 Å². The Kier molecular flexibility index (Phi) is 6.07. The van der Waals surface area contributed by atoms with E-state index in [-0.39, 0.29) is 23.2 Å². The van der Waals surface area contributed by atoms with Gasteiger partial charge in [0.25, 0.3) is 12.3 Å². The van der Waals surface area contributed by atoms with E-state index in [2.05, 4.69) is 5.32 Å². The molecule has 2 unspecified atom stereocenters. The summed E-state index contributed by atoms with van der Waals surface area (Å²) in [5.41, 5.74) is 0.233. The van der Waals surface area contributed by atoms with Crippen LogP contribution in [0.25, 0.3) is 0 Å². The number of carbonyl (C=O) groups excluding carboxylic acids is 1. The lowest BCUT2D eigenvalue weighted by Crippen LogP contribution is -2.56. The maximum atomic E-state index is 13.9. The number of nitrogens with zero attached hydrogens (tertiary/aromatic N) is 1. The fraction of sp³-hybridized carbons (Fsp3) is 0.667. The molecule has 6 nitrogen and oxygen atoms in total. The average molecular weight is 481 g/mol. The zero-order valence-corrected chi connectivity index (χ0v) is 19.6. The molecule has 3 fully saturated rings. The van der Waals surface area contributed by atoms with E-state index in [0.29, 0.717) is 18.8 Å². The number of halogens is 2. The highest BCUT2D eigenvalue weighted by atomic mass is 32.1. The number of hydrogen-bond donors (Lipinski definition) is 1. The highest BCUT2D eigenvalue weighted by molar-refractivity contribution is 7.80. The van der Waals surface area contributed by atoms with Gasteiger partial charge in [0.1, 0.15) is 12.4 Å². The normalized spacial score (nSPS) is 33.4. The molecule has 1 aromatic carbocycles. The molecule has 5 rings (SSSR count). The van der Waals surface area contributed by atoms with Crippen molar-refractivity contribution in [3.05, 3.63) is 29.3 Å². The van der Waals surface area contributed by atoms with Gasteiger partial charge >= 0.3 is 0 Å². The second kappa shape index (κ2) is 8.74. The first-order valence-electron chi connectivity index (χ1n) is 11.7. The number of amides is 1. The Labute approximate surface area is 197 Å². The fourth-order valence-corrected chi connectivity index (χ4v) is 6.56. The predicted molar refractivity (Wildman–Crippen MR) is 121 cm³/mol. The molecule has 0 bridgehead atoms. The first kappa shape index (κ1) is 22.9. The number of fused-ring (bicyclic) bond motifs is 3. The van der Waals surface area contributed by atoms with Gasteiger partial charge in [0.2, 0.25) is 0 Å². The van der Waals surface area contributed by atoms with Crippen LogP contribution in [0, 0.1) is 5.41 Å². The largest absolute Gasteiger partial charge is 0.491 e. The van der Waals surface area contributed by atoms with Gasteiger partial charge in [-0.05, 0) is 80.4 Å². The van der Waals surface area contributed by atoms with E-state index < -0.39 is 23.9 Å². The Hall–Kier alpha value is -1.84. The lowest BCUT2D eigenvalue weighted by Gasteiger charge is -2.46. The Morgan fingerprint density at radius 2 is 2.09 bits per heavy atom. The molecule has 1 N–H and O–H groups in total. The molecule has 4 aliphatic rings. The van der Waals surface area contributed by atoms with Gasteiger partial charge in [0.15, 0.2) is 10.7 Å². The van der Waals surface area contributed by atoms with Crippen LogP contribution in [-0.2, 0) is 26.2 Å². The maximum Gasteiger partial charge on any atom is 0.259 e. The van der Waals surface area contributed by atoms with Crippen molar-refractivity contribution < 1.29 is 27.8 Å². The van der Waals surface area contributed by atoms with Crippen molar-refractivity contribution in [3.63, 3.8) is 0 Å². The van der Waals surface area contributed by atoms with Crippen molar-refractivity contribution in [1.82, 2.24) is 10.2 Å². The topological polar surface area (TPSA) is 60.0 Å². The van der Waals surface area contributed by atoms with Crippen LogP contribution in [0.3, 0.4) is 0 Å². The Balaban J connectivity index is 1.51. The molecule has 2 atom stereocenters. The number of thiocarbonyl (C=S) groups is 1. The Morgan fingerprint density at radius 3 is 2.76 bits per heavy atom. The Morgan fingerprint density at radius 1 is 1.30 bits per heavy atom. The molecule has 1 saturated carbocycles. The van der Waals surface area contributed by atoms with Crippen molar-refractivity contribution in [1.29, 1.82) is 0 Å². The van der Waals surface area contributed by atoms with Gasteiger partial charge < -0.3 is 19.5 Å². The third kappa shape index (κ3) is 3.72. The van der Waals surface area contributed by atoms with E-state index in [9.17, 15) is 13.6 Å². The zero-order chi connectivity index (χ0) is 23.2. The van der Waals surface area contributed by atoms with Crippen LogP contribution >= 0.6 is 12.2 Å². The van der Waals surface area contributed by atoms with Crippen molar-refractivity contribution >= 4 is 23.2 Å². The van der Waals surface area contributed by atoms with E-state index in [0.717, 1.165) is 61.2 Å². The SMILES string of the molecule is CO[C@H]1CC[C@]2(CC1)Cc1ccc(OCC3CCCO3)cc1C21NC(=S)N(CC(F)F)C1=O. The van der Waals surface area contributed by atoms with Crippen LogP contribution in [0.1, 0.15) is 49.7 Å². The molecule has 2 aliphatic carbocycles. The van der Waals surface area contributed by atoms with Crippen LogP contribution in [0.4, 0.5) is 8.78 Å². The van der Waals surface area contributed by atoms with Gasteiger partial charge in [-0.1, -0.05) is 6.07 Å². The minimum Gasteiger partial charge on any atom is -0.491 e. The summed E-state index contributed by atoms with van der Waals surface area (Å²) in [5.74, 6) is 0.276. The molecular weight excluding hydrogens is 450 g/mol.